The van der Waals surface area contributed by atoms with Crippen molar-refractivity contribution in [1.29, 1.82) is 0 Å². The molecule has 1 spiro atoms. The van der Waals surface area contributed by atoms with E-state index in [0.29, 0.717) is 19.8 Å². The van der Waals surface area contributed by atoms with Crippen molar-refractivity contribution in [3.05, 3.63) is 58.6 Å². The van der Waals surface area contributed by atoms with Crippen LogP contribution in [0.25, 0.3) is 0 Å². The fourth-order valence-electron chi connectivity index (χ4n) is 4.47. The predicted molar refractivity (Wildman–Crippen MR) is 117 cm³/mol. The second kappa shape index (κ2) is 9.27. The highest BCUT2D eigenvalue weighted by atomic mass is 35.5. The summed E-state index contributed by atoms with van der Waals surface area (Å²) in [5.41, 5.74) is 2.47. The van der Waals surface area contributed by atoms with Crippen molar-refractivity contribution in [3.63, 3.8) is 0 Å². The molecule has 6 heteroatoms. The van der Waals surface area contributed by atoms with Gasteiger partial charge < -0.3 is 19.5 Å². The number of aryl methyl sites for hydroxylation is 1. The summed E-state index contributed by atoms with van der Waals surface area (Å²) in [5.74, 6) is 1.03. The summed E-state index contributed by atoms with van der Waals surface area (Å²) in [6.45, 7) is 3.78. The van der Waals surface area contributed by atoms with Gasteiger partial charge >= 0.3 is 5.97 Å². The van der Waals surface area contributed by atoms with Crippen LogP contribution in [-0.4, -0.2) is 48.8 Å². The van der Waals surface area contributed by atoms with Crippen LogP contribution in [0.3, 0.4) is 0 Å². The van der Waals surface area contributed by atoms with E-state index < -0.39 is 5.97 Å². The van der Waals surface area contributed by atoms with Crippen LogP contribution in [0.5, 0.6) is 11.5 Å². The van der Waals surface area contributed by atoms with Crippen molar-refractivity contribution < 1.29 is 19.4 Å². The lowest BCUT2D eigenvalue weighted by Gasteiger charge is -2.38. The van der Waals surface area contributed by atoms with Crippen LogP contribution in [0.4, 0.5) is 0 Å². The molecule has 2 aliphatic rings. The smallest absolute Gasteiger partial charge is 0.304 e. The monoisotopic (exact) mass is 429 g/mol. The molecule has 0 bridgehead atoms. The van der Waals surface area contributed by atoms with Crippen LogP contribution in [0, 0.1) is 0 Å². The number of hydrogen-bond donors (Lipinski definition) is 1. The van der Waals surface area contributed by atoms with Gasteiger partial charge in [-0.2, -0.15) is 0 Å². The second-order valence-corrected chi connectivity index (χ2v) is 8.66. The summed E-state index contributed by atoms with van der Waals surface area (Å²) in [7, 11) is 0. The number of halogens is 1. The first kappa shape index (κ1) is 21.0. The number of carbonyl (C=O) groups is 1. The first-order chi connectivity index (χ1) is 14.6. The molecular formula is C24H28ClNO4. The van der Waals surface area contributed by atoms with Crippen LogP contribution in [-0.2, 0) is 16.6 Å². The first-order valence-electron chi connectivity index (χ1n) is 10.6. The van der Waals surface area contributed by atoms with E-state index in [0.717, 1.165) is 60.9 Å². The van der Waals surface area contributed by atoms with Crippen molar-refractivity contribution in [2.24, 2.45) is 0 Å². The van der Waals surface area contributed by atoms with Gasteiger partial charge in [-0.25, -0.2) is 0 Å². The molecule has 2 aromatic carbocycles. The maximum Gasteiger partial charge on any atom is 0.304 e. The zero-order valence-corrected chi connectivity index (χ0v) is 17.9. The second-order valence-electron chi connectivity index (χ2n) is 8.26. The van der Waals surface area contributed by atoms with Crippen molar-refractivity contribution in [3.8, 4) is 11.5 Å². The first-order valence-corrected chi connectivity index (χ1v) is 11.0. The number of hydrogen-bond acceptors (Lipinski definition) is 4. The van der Waals surface area contributed by atoms with Crippen molar-refractivity contribution >= 4 is 17.6 Å². The molecule has 5 nitrogen and oxygen atoms in total. The Morgan fingerprint density at radius 3 is 2.77 bits per heavy atom. The molecule has 2 aromatic rings. The Morgan fingerprint density at radius 1 is 1.20 bits per heavy atom. The van der Waals surface area contributed by atoms with Gasteiger partial charge in [-0.15, -0.1) is 0 Å². The molecule has 0 radical (unpaired) electrons. The van der Waals surface area contributed by atoms with Crippen molar-refractivity contribution in [2.45, 2.75) is 37.5 Å². The number of fused-ring (bicyclic) bond motifs is 2. The Hall–Kier alpha value is -2.24. The van der Waals surface area contributed by atoms with Gasteiger partial charge in [0, 0.05) is 28.6 Å². The number of carboxylic acids is 1. The number of nitrogens with zero attached hydrogens (tertiary/aromatic N) is 1. The molecule has 0 aromatic heterocycles. The van der Waals surface area contributed by atoms with E-state index in [1.165, 1.54) is 5.56 Å². The summed E-state index contributed by atoms with van der Waals surface area (Å²) >= 11 is 6.21. The molecule has 30 heavy (non-hydrogen) atoms. The Balaban J connectivity index is 1.30. The molecule has 1 N–H and O–H groups in total. The van der Waals surface area contributed by atoms with E-state index in [2.05, 4.69) is 17.0 Å². The molecule has 4 rings (SSSR count). The average molecular weight is 430 g/mol. The minimum Gasteiger partial charge on any atom is -0.493 e. The van der Waals surface area contributed by atoms with Crippen LogP contribution >= 0.6 is 11.6 Å². The number of aliphatic carboxylic acids is 1. The van der Waals surface area contributed by atoms with E-state index >= 15 is 0 Å². The van der Waals surface area contributed by atoms with Crippen molar-refractivity contribution in [1.82, 2.24) is 4.90 Å². The lowest BCUT2D eigenvalue weighted by molar-refractivity contribution is -0.137. The quantitative estimate of drug-likeness (QED) is 0.624. The molecule has 0 atom stereocenters. The predicted octanol–water partition coefficient (Wildman–Crippen LogP) is 4.55. The summed E-state index contributed by atoms with van der Waals surface area (Å²) in [4.78, 5) is 13.0. The highest BCUT2D eigenvalue weighted by Gasteiger charge is 2.43. The van der Waals surface area contributed by atoms with E-state index in [4.69, 9.17) is 26.2 Å². The summed E-state index contributed by atoms with van der Waals surface area (Å²) in [6.07, 6.45) is 3.99. The lowest BCUT2D eigenvalue weighted by Crippen LogP contribution is -2.44. The molecule has 1 fully saturated rings. The highest BCUT2D eigenvalue weighted by Crippen LogP contribution is 2.46. The molecule has 2 aliphatic heterocycles. The number of piperidine rings is 1. The maximum absolute atomic E-state index is 10.8. The van der Waals surface area contributed by atoms with Gasteiger partial charge in [0.05, 0.1) is 19.6 Å². The Kier molecular flexibility index (Phi) is 6.49. The third kappa shape index (κ3) is 4.73. The van der Waals surface area contributed by atoms with E-state index in [1.807, 2.05) is 30.3 Å². The number of ether oxygens (including phenoxy) is 2. The minimum atomic E-state index is -0.732. The summed E-state index contributed by atoms with van der Waals surface area (Å²) in [5, 5.41) is 9.70. The Bertz CT molecular complexity index is 893. The largest absolute Gasteiger partial charge is 0.493 e. The van der Waals surface area contributed by atoms with Crippen LogP contribution < -0.4 is 9.47 Å². The standard InChI is InChI=1S/C24H28ClNO4/c25-21-6-2-1-4-18(21)5-3-15-29-19-7-8-20-22(16-19)30-17-24(20)10-13-26(14-11-24)12-9-23(27)28/h1-2,4,6-8,16H,3,5,9-15,17H2,(H,27,28). The van der Waals surface area contributed by atoms with Crippen molar-refractivity contribution in [2.75, 3.05) is 32.8 Å². The average Bonchev–Trinajstić information content (AvgIpc) is 3.09. The Labute approximate surface area is 182 Å². The Morgan fingerprint density at radius 2 is 2.00 bits per heavy atom. The molecule has 0 unspecified atom stereocenters. The van der Waals surface area contributed by atoms with Gasteiger partial charge in [0.2, 0.25) is 0 Å². The van der Waals surface area contributed by atoms with E-state index in [9.17, 15) is 4.79 Å². The number of carboxylic acid groups (broad SMARTS) is 1. The van der Waals surface area contributed by atoms with E-state index in [-0.39, 0.29) is 11.8 Å². The van der Waals surface area contributed by atoms with Gasteiger partial charge in [-0.1, -0.05) is 35.9 Å². The maximum atomic E-state index is 10.8. The molecule has 1 saturated heterocycles. The molecule has 0 saturated carbocycles. The molecular weight excluding hydrogens is 402 g/mol. The van der Waals surface area contributed by atoms with Gasteiger partial charge in [-0.3, -0.25) is 4.79 Å². The number of rotatable bonds is 8. The molecule has 0 aliphatic carbocycles. The van der Waals surface area contributed by atoms with Crippen LogP contribution in [0.15, 0.2) is 42.5 Å². The SMILES string of the molecule is O=C(O)CCN1CCC2(CC1)COc1cc(OCCCc3ccccc3Cl)ccc12. The number of likely N-dealkylation sites (tertiary alicyclic amines) is 1. The summed E-state index contributed by atoms with van der Waals surface area (Å²) in [6, 6.07) is 14.1. The summed E-state index contributed by atoms with van der Waals surface area (Å²) < 4.78 is 12.0. The van der Waals surface area contributed by atoms with Crippen LogP contribution in [0.2, 0.25) is 5.02 Å². The topological polar surface area (TPSA) is 59.0 Å². The zero-order valence-electron chi connectivity index (χ0n) is 17.1. The number of benzene rings is 2. The van der Waals surface area contributed by atoms with Crippen LogP contribution in [0.1, 0.15) is 36.8 Å². The fraction of sp³-hybridized carbons (Fsp3) is 0.458. The molecule has 2 heterocycles. The third-order valence-electron chi connectivity index (χ3n) is 6.30. The van der Waals surface area contributed by atoms with Gasteiger partial charge in [0.1, 0.15) is 11.5 Å². The third-order valence-corrected chi connectivity index (χ3v) is 6.67. The lowest BCUT2D eigenvalue weighted by atomic mass is 9.74. The minimum absolute atomic E-state index is 0.0532. The van der Waals surface area contributed by atoms with E-state index in [1.54, 1.807) is 0 Å². The van der Waals surface area contributed by atoms with Gasteiger partial charge in [0.25, 0.3) is 0 Å². The fourth-order valence-corrected chi connectivity index (χ4v) is 4.70. The van der Waals surface area contributed by atoms with Gasteiger partial charge in [0.15, 0.2) is 0 Å². The van der Waals surface area contributed by atoms with Gasteiger partial charge in [-0.05, 0) is 56.5 Å². The normalized spacial score (nSPS) is 17.5. The molecule has 160 valence electrons. The zero-order chi connectivity index (χ0) is 21.0. The highest BCUT2D eigenvalue weighted by molar-refractivity contribution is 6.31. The molecule has 0 amide bonds.